The number of anilines is 1. The van der Waals surface area contributed by atoms with Crippen molar-refractivity contribution in [2.75, 3.05) is 11.9 Å². The average Bonchev–Trinajstić information content (AvgIpc) is 2.83. The van der Waals surface area contributed by atoms with E-state index in [9.17, 15) is 14.9 Å². The van der Waals surface area contributed by atoms with Gasteiger partial charge in [-0.2, -0.15) is 5.26 Å². The third kappa shape index (κ3) is 6.47. The number of nitriles is 1. The van der Waals surface area contributed by atoms with Crippen LogP contribution in [0.2, 0.25) is 0 Å². The lowest BCUT2D eigenvalue weighted by atomic mass is 10.1. The Kier molecular flexibility index (Phi) is 8.03. The van der Waals surface area contributed by atoms with Gasteiger partial charge in [-0.25, -0.2) is 4.79 Å². The lowest BCUT2D eigenvalue weighted by Gasteiger charge is -2.13. The largest absolute Gasteiger partial charge is 0.490 e. The first-order valence-electron chi connectivity index (χ1n) is 10.6. The fraction of sp³-hybridized carbons (Fsp3) is 0.148. The van der Waals surface area contributed by atoms with Gasteiger partial charge in [-0.1, -0.05) is 42.0 Å². The van der Waals surface area contributed by atoms with E-state index in [1.54, 1.807) is 24.3 Å². The number of carboxylic acids is 1. The molecule has 0 aromatic heterocycles. The molecular formula is C27H24N2O5. The molecule has 0 aliphatic rings. The molecule has 0 bridgehead atoms. The summed E-state index contributed by atoms with van der Waals surface area (Å²) in [6.07, 6.45) is 1.43. The van der Waals surface area contributed by atoms with Gasteiger partial charge in [0.1, 0.15) is 18.2 Å². The predicted molar refractivity (Wildman–Crippen MR) is 129 cm³/mol. The molecule has 0 atom stereocenters. The second-order valence-electron chi connectivity index (χ2n) is 7.42. The van der Waals surface area contributed by atoms with Gasteiger partial charge in [0.25, 0.3) is 5.91 Å². The van der Waals surface area contributed by atoms with Crippen molar-refractivity contribution in [1.29, 1.82) is 5.26 Å². The monoisotopic (exact) mass is 456 g/mol. The van der Waals surface area contributed by atoms with Crippen molar-refractivity contribution in [1.82, 2.24) is 0 Å². The highest BCUT2D eigenvalue weighted by Crippen LogP contribution is 2.30. The number of aromatic carboxylic acids is 1. The number of carbonyl (C=O) groups is 2. The highest BCUT2D eigenvalue weighted by atomic mass is 16.5. The third-order valence-corrected chi connectivity index (χ3v) is 4.83. The first-order valence-corrected chi connectivity index (χ1v) is 10.6. The molecule has 0 saturated heterocycles. The standard InChI is InChI=1S/C27H24N2O5/c1-3-33-25-14-20(11-12-24(25)34-17-19-9-7-18(2)8-10-19)13-22(16-28)26(30)29-23-6-4-5-21(15-23)27(31)32/h4-15H,3,17H2,1-2H3,(H,29,30)(H,31,32)/b22-13-. The van der Waals surface area contributed by atoms with Gasteiger partial charge in [0, 0.05) is 5.69 Å². The van der Waals surface area contributed by atoms with Crippen LogP contribution in [0, 0.1) is 18.3 Å². The summed E-state index contributed by atoms with van der Waals surface area (Å²) in [5.41, 5.74) is 2.94. The fourth-order valence-electron chi connectivity index (χ4n) is 3.09. The molecule has 0 aliphatic carbocycles. The number of hydrogen-bond donors (Lipinski definition) is 2. The van der Waals surface area contributed by atoms with Crippen LogP contribution >= 0.6 is 0 Å². The molecule has 3 aromatic carbocycles. The Morgan fingerprint density at radius 3 is 2.47 bits per heavy atom. The van der Waals surface area contributed by atoms with Crippen LogP contribution in [0.25, 0.3) is 6.08 Å². The summed E-state index contributed by atoms with van der Waals surface area (Å²) in [4.78, 5) is 23.7. The van der Waals surface area contributed by atoms with Crippen LogP contribution in [-0.2, 0) is 11.4 Å². The van der Waals surface area contributed by atoms with Crippen LogP contribution in [0.5, 0.6) is 11.5 Å². The van der Waals surface area contributed by atoms with Crippen molar-refractivity contribution in [3.8, 4) is 17.6 Å². The highest BCUT2D eigenvalue weighted by Gasteiger charge is 2.13. The number of benzene rings is 3. The number of amides is 1. The molecule has 7 nitrogen and oxygen atoms in total. The molecular weight excluding hydrogens is 432 g/mol. The Morgan fingerprint density at radius 2 is 1.79 bits per heavy atom. The van der Waals surface area contributed by atoms with E-state index in [0.29, 0.717) is 30.3 Å². The lowest BCUT2D eigenvalue weighted by Crippen LogP contribution is -2.14. The number of rotatable bonds is 9. The molecule has 1 amide bonds. The van der Waals surface area contributed by atoms with Crippen LogP contribution in [0.4, 0.5) is 5.69 Å². The molecule has 2 N–H and O–H groups in total. The van der Waals surface area contributed by atoms with E-state index in [4.69, 9.17) is 14.6 Å². The molecule has 34 heavy (non-hydrogen) atoms. The topological polar surface area (TPSA) is 109 Å². The summed E-state index contributed by atoms with van der Waals surface area (Å²) in [6, 6.07) is 20.9. The molecule has 3 rings (SSSR count). The van der Waals surface area contributed by atoms with Gasteiger partial charge < -0.3 is 19.9 Å². The van der Waals surface area contributed by atoms with Crippen molar-refractivity contribution in [2.24, 2.45) is 0 Å². The number of carboxylic acid groups (broad SMARTS) is 1. The molecule has 0 aliphatic heterocycles. The summed E-state index contributed by atoms with van der Waals surface area (Å²) in [5, 5.41) is 21.2. The van der Waals surface area contributed by atoms with Gasteiger partial charge in [0.15, 0.2) is 11.5 Å². The number of aryl methyl sites for hydroxylation is 1. The van der Waals surface area contributed by atoms with Crippen LogP contribution in [0.3, 0.4) is 0 Å². The van der Waals surface area contributed by atoms with Gasteiger partial charge >= 0.3 is 5.97 Å². The van der Waals surface area contributed by atoms with Gasteiger partial charge in [-0.3, -0.25) is 4.79 Å². The normalized spacial score (nSPS) is 10.8. The number of hydrogen-bond acceptors (Lipinski definition) is 5. The maximum Gasteiger partial charge on any atom is 0.335 e. The van der Waals surface area contributed by atoms with Crippen molar-refractivity contribution in [3.63, 3.8) is 0 Å². The van der Waals surface area contributed by atoms with Gasteiger partial charge in [0.2, 0.25) is 0 Å². The highest BCUT2D eigenvalue weighted by molar-refractivity contribution is 6.10. The SMILES string of the molecule is CCOc1cc(/C=C(/C#N)C(=O)Nc2cccc(C(=O)O)c2)ccc1OCc1ccc(C)cc1. The second kappa shape index (κ2) is 11.3. The van der Waals surface area contributed by atoms with Crippen LogP contribution < -0.4 is 14.8 Å². The van der Waals surface area contributed by atoms with Crippen molar-refractivity contribution in [3.05, 3.63) is 94.6 Å². The molecule has 0 radical (unpaired) electrons. The van der Waals surface area contributed by atoms with Crippen LogP contribution in [0.1, 0.15) is 34.0 Å². The zero-order valence-electron chi connectivity index (χ0n) is 18.9. The Labute approximate surface area is 197 Å². The van der Waals surface area contributed by atoms with Crippen molar-refractivity contribution >= 4 is 23.6 Å². The summed E-state index contributed by atoms with van der Waals surface area (Å²) in [6.45, 7) is 4.66. The van der Waals surface area contributed by atoms with E-state index < -0.39 is 11.9 Å². The minimum Gasteiger partial charge on any atom is -0.490 e. The van der Waals surface area contributed by atoms with E-state index in [2.05, 4.69) is 5.32 Å². The van der Waals surface area contributed by atoms with Gasteiger partial charge in [-0.15, -0.1) is 0 Å². The fourth-order valence-corrected chi connectivity index (χ4v) is 3.09. The van der Waals surface area contributed by atoms with Crippen molar-refractivity contribution < 1.29 is 24.2 Å². The summed E-state index contributed by atoms with van der Waals surface area (Å²) < 4.78 is 11.6. The summed E-state index contributed by atoms with van der Waals surface area (Å²) in [7, 11) is 0. The van der Waals surface area contributed by atoms with Gasteiger partial charge in [0.05, 0.1) is 12.2 Å². The lowest BCUT2D eigenvalue weighted by molar-refractivity contribution is -0.112. The van der Waals surface area contributed by atoms with E-state index in [-0.39, 0.29) is 16.8 Å². The Balaban J connectivity index is 1.78. The molecule has 3 aromatic rings. The molecule has 0 saturated carbocycles. The van der Waals surface area contributed by atoms with Crippen LogP contribution in [0.15, 0.2) is 72.3 Å². The van der Waals surface area contributed by atoms with E-state index in [1.807, 2.05) is 44.2 Å². The maximum absolute atomic E-state index is 12.6. The molecule has 0 spiro atoms. The average molecular weight is 456 g/mol. The van der Waals surface area contributed by atoms with Gasteiger partial charge in [-0.05, 0) is 61.4 Å². The minimum absolute atomic E-state index is 0.0304. The smallest absolute Gasteiger partial charge is 0.335 e. The third-order valence-electron chi connectivity index (χ3n) is 4.83. The summed E-state index contributed by atoms with van der Waals surface area (Å²) >= 11 is 0. The number of carbonyl (C=O) groups excluding carboxylic acids is 1. The Bertz CT molecular complexity index is 1260. The predicted octanol–water partition coefficient (Wildman–Crippen LogP) is 5.22. The number of nitrogens with zero attached hydrogens (tertiary/aromatic N) is 1. The minimum atomic E-state index is -1.11. The zero-order chi connectivity index (χ0) is 24.5. The Morgan fingerprint density at radius 1 is 1.03 bits per heavy atom. The van der Waals surface area contributed by atoms with E-state index in [0.717, 1.165) is 5.56 Å². The quantitative estimate of drug-likeness (QED) is 0.338. The Hall–Kier alpha value is -4.57. The first kappa shape index (κ1) is 24.1. The van der Waals surface area contributed by atoms with Crippen molar-refractivity contribution in [2.45, 2.75) is 20.5 Å². The summed E-state index contributed by atoms with van der Waals surface area (Å²) in [5.74, 6) is -0.716. The van der Waals surface area contributed by atoms with E-state index in [1.165, 1.54) is 29.8 Å². The van der Waals surface area contributed by atoms with Crippen LogP contribution in [-0.4, -0.2) is 23.6 Å². The molecule has 0 fully saturated rings. The second-order valence-corrected chi connectivity index (χ2v) is 7.42. The molecule has 0 heterocycles. The number of nitrogens with one attached hydrogen (secondary N) is 1. The maximum atomic E-state index is 12.6. The number of ether oxygens (including phenoxy) is 2. The zero-order valence-corrected chi connectivity index (χ0v) is 18.9. The molecule has 0 unspecified atom stereocenters. The molecule has 7 heteroatoms. The van der Waals surface area contributed by atoms with E-state index >= 15 is 0 Å². The molecule has 172 valence electrons. The first-order chi connectivity index (χ1) is 16.4.